The molecule has 25 heavy (non-hydrogen) atoms. The van der Waals surface area contributed by atoms with E-state index in [1.165, 1.54) is 25.7 Å². The molecule has 0 aliphatic heterocycles. The average molecular weight is 356 g/mol. The first-order valence-electron chi connectivity index (χ1n) is 8.93. The molecule has 1 atom stereocenters. The summed E-state index contributed by atoms with van der Waals surface area (Å²) < 4.78 is 0. The van der Waals surface area contributed by atoms with Gasteiger partial charge in [-0.05, 0) is 63.5 Å². The van der Waals surface area contributed by atoms with E-state index in [9.17, 15) is 0 Å². The lowest BCUT2D eigenvalue weighted by molar-refractivity contribution is 0.685. The van der Waals surface area contributed by atoms with Crippen LogP contribution in [0.3, 0.4) is 0 Å². The minimum atomic E-state index is 0.350. The van der Waals surface area contributed by atoms with Crippen LogP contribution in [-0.2, 0) is 0 Å². The van der Waals surface area contributed by atoms with Crippen LogP contribution in [0.1, 0.15) is 39.5 Å². The third kappa shape index (κ3) is 3.98. The molecule has 2 saturated carbocycles. The number of hydrogen-bond acceptors (Lipinski definition) is 5. The fourth-order valence-corrected chi connectivity index (χ4v) is 3.13. The van der Waals surface area contributed by atoms with E-state index in [-0.39, 0.29) is 0 Å². The predicted molar refractivity (Wildman–Crippen MR) is 102 cm³/mol. The van der Waals surface area contributed by atoms with E-state index in [4.69, 9.17) is 11.6 Å². The highest BCUT2D eigenvalue weighted by molar-refractivity contribution is 6.33. The molecule has 1 aromatic heterocycles. The third-order valence-corrected chi connectivity index (χ3v) is 5.20. The first-order valence-corrected chi connectivity index (χ1v) is 9.30. The smallest absolute Gasteiger partial charge is 0.254 e. The molecule has 0 amide bonds. The van der Waals surface area contributed by atoms with Crippen LogP contribution >= 0.6 is 11.6 Å². The largest absolute Gasteiger partial charge is 0.351 e. The summed E-state index contributed by atoms with van der Waals surface area (Å²) in [4.78, 5) is 18.3. The maximum absolute atomic E-state index is 6.34. The Morgan fingerprint density at radius 2 is 1.92 bits per heavy atom. The van der Waals surface area contributed by atoms with Crippen LogP contribution in [0, 0.1) is 11.8 Å². The highest BCUT2D eigenvalue weighted by Crippen LogP contribution is 2.34. The fourth-order valence-electron chi connectivity index (χ4n) is 2.91. The van der Waals surface area contributed by atoms with Gasteiger partial charge in [-0.25, -0.2) is 4.99 Å². The van der Waals surface area contributed by atoms with Crippen LogP contribution in [0.4, 0.5) is 11.9 Å². The Hall–Kier alpha value is -2.01. The van der Waals surface area contributed by atoms with Gasteiger partial charge in [0.15, 0.2) is 5.82 Å². The van der Waals surface area contributed by atoms with Crippen molar-refractivity contribution in [1.82, 2.24) is 15.0 Å². The van der Waals surface area contributed by atoms with E-state index in [1.807, 2.05) is 24.3 Å². The number of anilines is 1. The topological polar surface area (TPSA) is 63.1 Å². The minimum absolute atomic E-state index is 0.350. The van der Waals surface area contributed by atoms with Gasteiger partial charge in [0.25, 0.3) is 5.95 Å². The maximum atomic E-state index is 6.34. The number of aromatic nitrogens is 3. The van der Waals surface area contributed by atoms with Gasteiger partial charge < -0.3 is 5.32 Å². The predicted octanol–water partition coefficient (Wildman–Crippen LogP) is 4.90. The molecule has 1 N–H and O–H groups in total. The van der Waals surface area contributed by atoms with E-state index in [2.05, 4.69) is 39.1 Å². The molecule has 2 aliphatic carbocycles. The molecule has 4 rings (SSSR count). The van der Waals surface area contributed by atoms with Crippen LogP contribution < -0.4 is 5.32 Å². The summed E-state index contributed by atoms with van der Waals surface area (Å²) in [7, 11) is 0. The summed E-state index contributed by atoms with van der Waals surface area (Å²) in [6, 6.07) is 7.95. The van der Waals surface area contributed by atoms with Crippen molar-refractivity contribution >= 4 is 29.2 Å². The van der Waals surface area contributed by atoms with Crippen LogP contribution in [0.25, 0.3) is 11.4 Å². The zero-order valence-corrected chi connectivity index (χ0v) is 15.3. The highest BCUT2D eigenvalue weighted by Gasteiger charge is 2.29. The van der Waals surface area contributed by atoms with Gasteiger partial charge >= 0.3 is 0 Å². The van der Waals surface area contributed by atoms with Gasteiger partial charge in [0, 0.05) is 17.3 Å². The lowest BCUT2D eigenvalue weighted by Crippen LogP contribution is -2.19. The number of benzene rings is 1. The third-order valence-electron chi connectivity index (χ3n) is 4.87. The summed E-state index contributed by atoms with van der Waals surface area (Å²) in [5.41, 5.74) is 1.90. The van der Waals surface area contributed by atoms with Gasteiger partial charge in [0.05, 0.1) is 5.02 Å². The normalized spacial score (nSPS) is 18.9. The molecule has 2 aliphatic rings. The Labute approximate surface area is 153 Å². The zero-order valence-electron chi connectivity index (χ0n) is 14.5. The van der Waals surface area contributed by atoms with Crippen LogP contribution in [0.2, 0.25) is 5.02 Å². The number of halogens is 1. The number of rotatable bonds is 6. The Balaban J connectivity index is 1.71. The lowest BCUT2D eigenvalue weighted by Gasteiger charge is -2.14. The zero-order chi connectivity index (χ0) is 17.4. The van der Waals surface area contributed by atoms with Gasteiger partial charge in [0.2, 0.25) is 5.95 Å². The fraction of sp³-hybridized carbons (Fsp3) is 0.474. The molecule has 2 fully saturated rings. The minimum Gasteiger partial charge on any atom is -0.351 e. The molecule has 5 nitrogen and oxygen atoms in total. The number of nitrogens with one attached hydrogen (secondary N) is 1. The summed E-state index contributed by atoms with van der Waals surface area (Å²) in [5, 5.41) is 4.05. The number of aliphatic imine (C=N–C) groups is 1. The molecule has 0 unspecified atom stereocenters. The SMILES string of the molecule is C/C(=N\c1nc(N[C@H](C)C2CC2)nc(-c2ccccc2Cl)n1)C1CC1. The van der Waals surface area contributed by atoms with Crippen molar-refractivity contribution in [2.24, 2.45) is 16.8 Å². The van der Waals surface area contributed by atoms with Crippen molar-refractivity contribution in [3.05, 3.63) is 29.3 Å². The molecular formula is C19H22ClN5. The average Bonchev–Trinajstić information content (AvgIpc) is 3.48. The Morgan fingerprint density at radius 3 is 2.60 bits per heavy atom. The van der Waals surface area contributed by atoms with E-state index < -0.39 is 0 Å². The van der Waals surface area contributed by atoms with Crippen molar-refractivity contribution in [3.8, 4) is 11.4 Å². The summed E-state index contributed by atoms with van der Waals surface area (Å²) in [6.45, 7) is 4.23. The summed E-state index contributed by atoms with van der Waals surface area (Å²) >= 11 is 6.34. The first kappa shape index (κ1) is 16.5. The molecule has 2 aromatic rings. The van der Waals surface area contributed by atoms with Crippen LogP contribution in [0.5, 0.6) is 0 Å². The van der Waals surface area contributed by atoms with Crippen molar-refractivity contribution in [3.63, 3.8) is 0 Å². The van der Waals surface area contributed by atoms with Crippen LogP contribution in [-0.4, -0.2) is 26.7 Å². The van der Waals surface area contributed by atoms with Gasteiger partial charge in [0.1, 0.15) is 0 Å². The molecule has 0 saturated heterocycles. The van der Waals surface area contributed by atoms with E-state index in [0.29, 0.717) is 40.6 Å². The van der Waals surface area contributed by atoms with Gasteiger partial charge in [-0.15, -0.1) is 0 Å². The standard InChI is InChI=1S/C19H22ClN5/c1-11(13-7-8-13)21-18-23-17(15-5-3-4-6-16(15)20)24-19(25-18)22-12(2)14-9-10-14/h3-6,11,13-14H,7-10H2,1-2H3,(H,21,23,24,25)/b22-12+/t11-/m1/s1. The second kappa shape index (κ2) is 6.71. The monoisotopic (exact) mass is 355 g/mol. The molecule has 0 spiro atoms. The van der Waals surface area contributed by atoms with Crippen molar-refractivity contribution in [2.45, 2.75) is 45.6 Å². The Kier molecular flexibility index (Phi) is 4.42. The van der Waals surface area contributed by atoms with E-state index in [0.717, 1.165) is 11.3 Å². The summed E-state index contributed by atoms with van der Waals surface area (Å²) in [6.07, 6.45) is 4.95. The quantitative estimate of drug-likeness (QED) is 0.748. The summed E-state index contributed by atoms with van der Waals surface area (Å²) in [5.74, 6) is 2.89. The highest BCUT2D eigenvalue weighted by atomic mass is 35.5. The maximum Gasteiger partial charge on any atom is 0.254 e. The molecule has 1 heterocycles. The molecule has 0 radical (unpaired) electrons. The van der Waals surface area contributed by atoms with Crippen molar-refractivity contribution in [2.75, 3.05) is 5.32 Å². The lowest BCUT2D eigenvalue weighted by atomic mass is 10.2. The van der Waals surface area contributed by atoms with Crippen molar-refractivity contribution in [1.29, 1.82) is 0 Å². The molecule has 0 bridgehead atoms. The second-order valence-electron chi connectivity index (χ2n) is 7.06. The Bertz CT molecular complexity index is 811. The Morgan fingerprint density at radius 1 is 1.16 bits per heavy atom. The van der Waals surface area contributed by atoms with Gasteiger partial charge in [-0.1, -0.05) is 23.7 Å². The molecule has 130 valence electrons. The van der Waals surface area contributed by atoms with E-state index in [1.54, 1.807) is 0 Å². The number of hydrogen-bond donors (Lipinski definition) is 1. The first-order chi connectivity index (χ1) is 12.1. The van der Waals surface area contributed by atoms with Gasteiger partial charge in [-0.3, -0.25) is 0 Å². The second-order valence-corrected chi connectivity index (χ2v) is 7.47. The molecular weight excluding hydrogens is 334 g/mol. The van der Waals surface area contributed by atoms with E-state index >= 15 is 0 Å². The van der Waals surface area contributed by atoms with Crippen molar-refractivity contribution < 1.29 is 0 Å². The van der Waals surface area contributed by atoms with Crippen LogP contribution in [0.15, 0.2) is 29.3 Å². The van der Waals surface area contributed by atoms with Gasteiger partial charge in [-0.2, -0.15) is 15.0 Å². The molecule has 1 aromatic carbocycles. The molecule has 6 heteroatoms. The number of nitrogens with zero attached hydrogens (tertiary/aromatic N) is 4.